The van der Waals surface area contributed by atoms with E-state index >= 15 is 0 Å². The fourth-order valence-electron chi connectivity index (χ4n) is 2.56. The van der Waals surface area contributed by atoms with Gasteiger partial charge in [-0.3, -0.25) is 9.59 Å². The normalized spacial score (nSPS) is 11.5. The molecule has 0 spiro atoms. The first-order valence-electron chi connectivity index (χ1n) is 8.81. The molecule has 0 aliphatic rings. The highest BCUT2D eigenvalue weighted by Crippen LogP contribution is 2.28. The predicted molar refractivity (Wildman–Crippen MR) is 108 cm³/mol. The van der Waals surface area contributed by atoms with Gasteiger partial charge in [-0.05, 0) is 55.7 Å². The summed E-state index contributed by atoms with van der Waals surface area (Å²) in [6, 6.07) is 10.6. The minimum absolute atomic E-state index is 0.142. The second-order valence-electron chi connectivity index (χ2n) is 6.27. The van der Waals surface area contributed by atoms with Gasteiger partial charge in [0.25, 0.3) is 5.91 Å². The number of benzene rings is 2. The van der Waals surface area contributed by atoms with E-state index in [0.717, 1.165) is 11.1 Å². The quantitative estimate of drug-likeness (QED) is 0.667. The number of hydrogen-bond acceptors (Lipinski definition) is 5. The van der Waals surface area contributed by atoms with Crippen LogP contribution in [0.1, 0.15) is 24.5 Å². The molecule has 1 amide bonds. The molecule has 0 fully saturated rings. The van der Waals surface area contributed by atoms with Crippen LogP contribution in [0.4, 0.5) is 5.69 Å². The van der Waals surface area contributed by atoms with Crippen molar-refractivity contribution >= 4 is 29.2 Å². The molecule has 2 aromatic rings. The van der Waals surface area contributed by atoms with Gasteiger partial charge in [0.05, 0.1) is 14.2 Å². The smallest absolute Gasteiger partial charge is 0.306 e. The lowest BCUT2D eigenvalue weighted by Gasteiger charge is -2.15. The standard InChI is InChI=1S/C21H24ClNO5/c1-13-5-8-16(22)12-17(13)23-21(25)14(2)28-20(24)10-7-15-6-9-18(26-3)19(11-15)27-4/h5-6,8-9,11-12,14H,7,10H2,1-4H3,(H,23,25)/t14-/m1/s1. The van der Waals surface area contributed by atoms with Gasteiger partial charge in [-0.1, -0.05) is 23.7 Å². The number of aryl methyl sites for hydroxylation is 2. The Hall–Kier alpha value is -2.73. The summed E-state index contributed by atoms with van der Waals surface area (Å²) in [5.41, 5.74) is 2.36. The summed E-state index contributed by atoms with van der Waals surface area (Å²) in [6.45, 7) is 3.38. The van der Waals surface area contributed by atoms with Crippen molar-refractivity contribution in [2.24, 2.45) is 0 Å². The number of carbonyl (C=O) groups excluding carboxylic acids is 2. The molecule has 0 saturated heterocycles. The van der Waals surface area contributed by atoms with Crippen LogP contribution < -0.4 is 14.8 Å². The first kappa shape index (κ1) is 21.6. The van der Waals surface area contributed by atoms with Gasteiger partial charge in [-0.15, -0.1) is 0 Å². The van der Waals surface area contributed by atoms with Crippen molar-refractivity contribution in [3.05, 3.63) is 52.5 Å². The fraction of sp³-hybridized carbons (Fsp3) is 0.333. The first-order valence-corrected chi connectivity index (χ1v) is 9.19. The molecule has 0 aromatic heterocycles. The lowest BCUT2D eigenvalue weighted by Crippen LogP contribution is -2.30. The van der Waals surface area contributed by atoms with E-state index in [-0.39, 0.29) is 6.42 Å². The zero-order valence-electron chi connectivity index (χ0n) is 16.4. The number of rotatable bonds is 8. The average Bonchev–Trinajstić information content (AvgIpc) is 2.68. The number of methoxy groups -OCH3 is 2. The number of carbonyl (C=O) groups is 2. The second-order valence-corrected chi connectivity index (χ2v) is 6.71. The lowest BCUT2D eigenvalue weighted by atomic mass is 10.1. The molecule has 0 radical (unpaired) electrons. The van der Waals surface area contributed by atoms with Crippen molar-refractivity contribution in [3.8, 4) is 11.5 Å². The van der Waals surface area contributed by atoms with Crippen LogP contribution in [0.15, 0.2) is 36.4 Å². The number of amides is 1. The van der Waals surface area contributed by atoms with Crippen LogP contribution in [0, 0.1) is 6.92 Å². The third-order valence-corrected chi connectivity index (χ3v) is 4.44. The lowest BCUT2D eigenvalue weighted by molar-refractivity contribution is -0.153. The van der Waals surface area contributed by atoms with E-state index in [1.165, 1.54) is 6.92 Å². The summed E-state index contributed by atoms with van der Waals surface area (Å²) in [5, 5.41) is 3.24. The summed E-state index contributed by atoms with van der Waals surface area (Å²) in [6.07, 6.45) is -0.319. The number of nitrogens with one attached hydrogen (secondary N) is 1. The second kappa shape index (κ2) is 9.99. The Kier molecular flexibility index (Phi) is 7.70. The number of anilines is 1. The first-order chi connectivity index (χ1) is 13.3. The highest BCUT2D eigenvalue weighted by atomic mass is 35.5. The Morgan fingerprint density at radius 1 is 1.07 bits per heavy atom. The Labute approximate surface area is 169 Å². The van der Waals surface area contributed by atoms with Gasteiger partial charge in [-0.25, -0.2) is 0 Å². The van der Waals surface area contributed by atoms with Gasteiger partial charge in [0.1, 0.15) is 0 Å². The van der Waals surface area contributed by atoms with Crippen molar-refractivity contribution in [1.82, 2.24) is 0 Å². The fourth-order valence-corrected chi connectivity index (χ4v) is 2.73. The molecule has 2 rings (SSSR count). The van der Waals surface area contributed by atoms with Gasteiger partial charge >= 0.3 is 5.97 Å². The molecule has 6 nitrogen and oxygen atoms in total. The summed E-state index contributed by atoms with van der Waals surface area (Å²) < 4.78 is 15.7. The Morgan fingerprint density at radius 2 is 1.79 bits per heavy atom. The molecule has 0 unspecified atom stereocenters. The zero-order chi connectivity index (χ0) is 20.7. The number of hydrogen-bond donors (Lipinski definition) is 1. The van der Waals surface area contributed by atoms with Crippen molar-refractivity contribution in [3.63, 3.8) is 0 Å². The average molecular weight is 406 g/mol. The van der Waals surface area contributed by atoms with Crippen molar-refractivity contribution in [2.75, 3.05) is 19.5 Å². The van der Waals surface area contributed by atoms with E-state index in [9.17, 15) is 9.59 Å². The number of ether oxygens (including phenoxy) is 3. The van der Waals surface area contributed by atoms with E-state index in [0.29, 0.717) is 28.6 Å². The van der Waals surface area contributed by atoms with Crippen LogP contribution in [0.5, 0.6) is 11.5 Å². The van der Waals surface area contributed by atoms with Crippen LogP contribution in [0.25, 0.3) is 0 Å². The summed E-state index contributed by atoms with van der Waals surface area (Å²) in [4.78, 5) is 24.4. The molecule has 0 saturated carbocycles. The molecule has 0 heterocycles. The van der Waals surface area contributed by atoms with Crippen LogP contribution in [0.2, 0.25) is 5.02 Å². The van der Waals surface area contributed by atoms with Crippen LogP contribution in [-0.2, 0) is 20.7 Å². The van der Waals surface area contributed by atoms with E-state index in [4.69, 9.17) is 25.8 Å². The maximum atomic E-state index is 12.3. The molecule has 0 aliphatic carbocycles. The zero-order valence-corrected chi connectivity index (χ0v) is 17.1. The van der Waals surface area contributed by atoms with Crippen molar-refractivity contribution in [1.29, 1.82) is 0 Å². The molecule has 2 aromatic carbocycles. The number of esters is 1. The maximum Gasteiger partial charge on any atom is 0.306 e. The highest BCUT2D eigenvalue weighted by molar-refractivity contribution is 6.31. The van der Waals surface area contributed by atoms with Crippen LogP contribution in [-0.4, -0.2) is 32.2 Å². The van der Waals surface area contributed by atoms with E-state index in [2.05, 4.69) is 5.32 Å². The summed E-state index contributed by atoms with van der Waals surface area (Å²) in [5.74, 6) is 0.346. The molecule has 1 atom stereocenters. The molecule has 1 N–H and O–H groups in total. The largest absolute Gasteiger partial charge is 0.493 e. The molecule has 0 bridgehead atoms. The maximum absolute atomic E-state index is 12.3. The predicted octanol–water partition coefficient (Wildman–Crippen LogP) is 4.17. The molecule has 0 aliphatic heterocycles. The third-order valence-electron chi connectivity index (χ3n) is 4.20. The third kappa shape index (κ3) is 5.89. The van der Waals surface area contributed by atoms with Crippen LogP contribution in [0.3, 0.4) is 0 Å². The Bertz CT molecular complexity index is 853. The van der Waals surface area contributed by atoms with Gasteiger partial charge in [-0.2, -0.15) is 0 Å². The van der Waals surface area contributed by atoms with E-state index < -0.39 is 18.0 Å². The van der Waals surface area contributed by atoms with Gasteiger partial charge in [0.2, 0.25) is 0 Å². The molecule has 28 heavy (non-hydrogen) atoms. The summed E-state index contributed by atoms with van der Waals surface area (Å²) >= 11 is 5.95. The highest BCUT2D eigenvalue weighted by Gasteiger charge is 2.19. The molecular weight excluding hydrogens is 382 g/mol. The van der Waals surface area contributed by atoms with Crippen molar-refractivity contribution < 1.29 is 23.8 Å². The Balaban J connectivity index is 1.88. The summed E-state index contributed by atoms with van der Waals surface area (Å²) in [7, 11) is 3.12. The minimum Gasteiger partial charge on any atom is -0.493 e. The van der Waals surface area contributed by atoms with Gasteiger partial charge in [0, 0.05) is 17.1 Å². The molecule has 7 heteroatoms. The molecular formula is C21H24ClNO5. The van der Waals surface area contributed by atoms with Gasteiger partial charge < -0.3 is 19.5 Å². The molecule has 150 valence electrons. The van der Waals surface area contributed by atoms with E-state index in [1.54, 1.807) is 38.5 Å². The van der Waals surface area contributed by atoms with Crippen LogP contribution >= 0.6 is 11.6 Å². The van der Waals surface area contributed by atoms with Gasteiger partial charge in [0.15, 0.2) is 17.6 Å². The SMILES string of the molecule is COc1ccc(CCC(=O)O[C@H](C)C(=O)Nc2cc(Cl)ccc2C)cc1OC. The monoisotopic (exact) mass is 405 g/mol. The minimum atomic E-state index is -0.920. The topological polar surface area (TPSA) is 73.9 Å². The Morgan fingerprint density at radius 3 is 2.46 bits per heavy atom. The number of halogens is 1. The van der Waals surface area contributed by atoms with Crippen molar-refractivity contribution in [2.45, 2.75) is 32.8 Å². The van der Waals surface area contributed by atoms with E-state index in [1.807, 2.05) is 19.1 Å².